The van der Waals surface area contributed by atoms with Gasteiger partial charge in [-0.15, -0.1) is 0 Å². The Bertz CT molecular complexity index is 1160. The molecule has 180 valence electrons. The Morgan fingerprint density at radius 2 is 1.58 bits per heavy atom. The molecule has 0 fully saturated rings. The molecule has 0 amide bonds. The number of rotatable bonds is 8. The van der Waals surface area contributed by atoms with Crippen LogP contribution in [0.15, 0.2) is 46.3 Å². The zero-order valence-corrected chi connectivity index (χ0v) is 19.6. The second-order valence-corrected chi connectivity index (χ2v) is 9.64. The second kappa shape index (κ2) is 10.2. The molecule has 2 aromatic rings. The van der Waals surface area contributed by atoms with Crippen molar-refractivity contribution in [2.24, 2.45) is 4.99 Å². The quantitative estimate of drug-likeness (QED) is 0.318. The molecule has 0 spiro atoms. The molecule has 3 rings (SSSR count). The minimum Gasteiger partial charge on any atom is -0.394 e. The molecule has 33 heavy (non-hydrogen) atoms. The molecule has 1 aliphatic heterocycles. The van der Waals surface area contributed by atoms with Crippen molar-refractivity contribution >= 4 is 33.8 Å². The van der Waals surface area contributed by atoms with Crippen LogP contribution in [0.2, 0.25) is 0 Å². The van der Waals surface area contributed by atoms with Crippen LogP contribution >= 0.6 is 10.8 Å². The Balaban J connectivity index is 2.10. The van der Waals surface area contributed by atoms with Gasteiger partial charge in [-0.1, -0.05) is 0 Å². The summed E-state index contributed by atoms with van der Waals surface area (Å²) in [7, 11) is 6.19. The van der Waals surface area contributed by atoms with Crippen LogP contribution in [0.1, 0.15) is 0 Å². The molecule has 1 aliphatic rings. The predicted octanol–water partition coefficient (Wildman–Crippen LogP) is -0.444. The Morgan fingerprint density at radius 3 is 2.18 bits per heavy atom. The molecule has 1 heterocycles. The van der Waals surface area contributed by atoms with E-state index in [1.807, 2.05) is 74.4 Å². The first kappa shape index (κ1) is 25.1. The van der Waals surface area contributed by atoms with Crippen LogP contribution in [0.4, 0.5) is 17.1 Å². The van der Waals surface area contributed by atoms with E-state index in [9.17, 15) is 25.2 Å². The molecule has 1 unspecified atom stereocenters. The van der Waals surface area contributed by atoms with Crippen LogP contribution in [0.5, 0.6) is 0 Å². The van der Waals surface area contributed by atoms with E-state index in [1.165, 1.54) is 0 Å². The van der Waals surface area contributed by atoms with E-state index in [1.54, 1.807) is 0 Å². The third-order valence-corrected chi connectivity index (χ3v) is 7.01. The molecular formula is C22H29N3O7S. The lowest BCUT2D eigenvalue weighted by atomic mass is 10.0. The number of fused-ring (bicyclic) bond motifs is 2. The number of aliphatic hydroxyl groups is 5. The van der Waals surface area contributed by atoms with Crippen molar-refractivity contribution in [3.63, 3.8) is 0 Å². The summed E-state index contributed by atoms with van der Waals surface area (Å²) in [6.45, 7) is -0.854. The van der Waals surface area contributed by atoms with Gasteiger partial charge < -0.3 is 39.5 Å². The van der Waals surface area contributed by atoms with Gasteiger partial charge in [0.1, 0.15) is 18.3 Å². The molecule has 0 saturated carbocycles. The van der Waals surface area contributed by atoms with E-state index in [0.717, 1.165) is 11.4 Å². The zero-order valence-electron chi connectivity index (χ0n) is 18.8. The third-order valence-electron chi connectivity index (χ3n) is 5.22. The van der Waals surface area contributed by atoms with Gasteiger partial charge >= 0.3 is 5.97 Å². The molecule has 5 N–H and O–H groups in total. The van der Waals surface area contributed by atoms with Crippen LogP contribution in [0.3, 0.4) is 0 Å². The van der Waals surface area contributed by atoms with Gasteiger partial charge in [-0.3, -0.25) is 0 Å². The largest absolute Gasteiger partial charge is 0.394 e. The van der Waals surface area contributed by atoms with Crippen molar-refractivity contribution in [3.8, 4) is 0 Å². The number of nitrogens with zero attached hydrogens (tertiary/aromatic N) is 3. The number of carbonyl (C=O) groups is 1. The van der Waals surface area contributed by atoms with E-state index >= 15 is 0 Å². The maximum absolute atomic E-state index is 12.8. The van der Waals surface area contributed by atoms with Crippen molar-refractivity contribution in [3.05, 3.63) is 46.3 Å². The second-order valence-electron chi connectivity index (χ2n) is 8.05. The average molecular weight is 480 g/mol. The smallest absolute Gasteiger partial charge is 0.349 e. The van der Waals surface area contributed by atoms with Crippen LogP contribution in [-0.4, -0.2) is 90.7 Å². The van der Waals surface area contributed by atoms with E-state index in [2.05, 4.69) is 4.99 Å². The lowest BCUT2D eigenvalue weighted by molar-refractivity contribution is -0.160. The fourth-order valence-electron chi connectivity index (χ4n) is 3.17. The summed E-state index contributed by atoms with van der Waals surface area (Å²) in [5, 5.41) is 49.4. The summed E-state index contributed by atoms with van der Waals surface area (Å²) in [5.74, 6) is -1.18. The van der Waals surface area contributed by atoms with Gasteiger partial charge in [0.05, 0.1) is 27.1 Å². The number of anilines is 2. The first-order valence-electron chi connectivity index (χ1n) is 10.2. The number of hydrogen-bond donors (Lipinski definition) is 5. The predicted molar refractivity (Wildman–Crippen MR) is 124 cm³/mol. The van der Waals surface area contributed by atoms with Crippen molar-refractivity contribution in [1.29, 1.82) is 0 Å². The Kier molecular flexibility index (Phi) is 7.73. The highest BCUT2D eigenvalue weighted by Crippen LogP contribution is 2.42. The first-order chi connectivity index (χ1) is 15.5. The van der Waals surface area contributed by atoms with Crippen molar-refractivity contribution in [2.45, 2.75) is 29.3 Å². The topological polar surface area (TPSA) is 146 Å². The minimum atomic E-state index is -2.14. The monoisotopic (exact) mass is 479 g/mol. The van der Waals surface area contributed by atoms with Crippen LogP contribution in [0, 0.1) is 4.51 Å². The molecule has 2 aromatic carbocycles. The third kappa shape index (κ3) is 5.18. The first-order valence-corrected chi connectivity index (χ1v) is 11.3. The maximum atomic E-state index is 12.8. The van der Waals surface area contributed by atoms with Gasteiger partial charge in [-0.05, 0) is 36.4 Å². The Hall–Kier alpha value is -2.54. The van der Waals surface area contributed by atoms with Gasteiger partial charge in [0.25, 0.3) is 0 Å². The Morgan fingerprint density at radius 1 is 0.970 bits per heavy atom. The van der Waals surface area contributed by atoms with Gasteiger partial charge in [0, 0.05) is 50.3 Å². The lowest BCUT2D eigenvalue weighted by Crippen LogP contribution is -2.48. The molecule has 11 heteroatoms. The number of benzene rings is 2. The molecule has 10 nitrogen and oxygen atoms in total. The normalized spacial score (nSPS) is 18.2. The molecule has 0 radical (unpaired) electrons. The molecule has 0 bridgehead atoms. The van der Waals surface area contributed by atoms with Crippen molar-refractivity contribution in [1.82, 2.24) is 0 Å². The number of hydrogen-bond acceptors (Lipinski definition) is 10. The van der Waals surface area contributed by atoms with E-state index < -0.39 is 47.8 Å². The summed E-state index contributed by atoms with van der Waals surface area (Å²) >= 11 is 0. The van der Waals surface area contributed by atoms with Crippen LogP contribution in [0.25, 0.3) is 0 Å². The average Bonchev–Trinajstić information content (AvgIpc) is 2.80. The fourth-order valence-corrected chi connectivity index (χ4v) is 4.92. The minimum absolute atomic E-state index is 0.604. The lowest BCUT2D eigenvalue weighted by Gasteiger charge is -2.25. The summed E-state index contributed by atoms with van der Waals surface area (Å²) in [6.07, 6.45) is -7.88. The standard InChI is InChI=1S/C22H29N3O7S/c1-24(2)12-5-7-14-17(9-12)33(18-10-13(25(3)4)6-8-15(18)23-14)32-22(31)21(30)20(29)19(28)16(27)11-26/h5-10,16,19-21,26-30H,11H2,1-4H3/t16-,19-,20+,21-/m0/s1. The molecule has 0 aliphatic carbocycles. The number of carbonyl (C=O) groups excluding carboxylic acids is 1. The van der Waals surface area contributed by atoms with Gasteiger partial charge in [0.2, 0.25) is 0 Å². The van der Waals surface area contributed by atoms with Gasteiger partial charge in [-0.25, -0.2) is 9.79 Å². The van der Waals surface area contributed by atoms with E-state index in [-0.39, 0.29) is 0 Å². The molecule has 0 saturated heterocycles. The summed E-state index contributed by atoms with van der Waals surface area (Å²) in [6, 6.07) is 11.1. The van der Waals surface area contributed by atoms with E-state index in [0.29, 0.717) is 20.5 Å². The van der Waals surface area contributed by atoms with Crippen molar-refractivity contribution < 1.29 is 34.5 Å². The maximum Gasteiger partial charge on any atom is 0.349 e. The highest BCUT2D eigenvalue weighted by Gasteiger charge is 2.36. The fraction of sp³-hybridized carbons (Fsp3) is 0.409. The van der Waals surface area contributed by atoms with Crippen molar-refractivity contribution in [2.75, 3.05) is 44.6 Å². The van der Waals surface area contributed by atoms with Crippen LogP contribution < -0.4 is 15.2 Å². The zero-order chi connectivity index (χ0) is 24.4. The van der Waals surface area contributed by atoms with E-state index in [4.69, 9.17) is 9.29 Å². The SMILES string of the molecule is CN(C)c1ccc2c(c1)S(OC(=O)[C@@H](O)[C@H](O)[C@@H](O)[C@@H](O)CO)=c1cc(N(C)C)ccc1=N2. The highest BCUT2D eigenvalue weighted by atomic mass is 32.2. The van der Waals surface area contributed by atoms with Gasteiger partial charge in [0.15, 0.2) is 6.10 Å². The summed E-state index contributed by atoms with van der Waals surface area (Å²) in [4.78, 5) is 21.9. The number of aliphatic hydroxyl groups excluding tert-OH is 5. The molecular weight excluding hydrogens is 450 g/mol. The Labute approximate surface area is 193 Å². The highest BCUT2D eigenvalue weighted by molar-refractivity contribution is 8.05. The summed E-state index contributed by atoms with van der Waals surface area (Å²) < 4.78 is 6.31. The molecule has 5 atom stereocenters. The molecule has 0 aromatic heterocycles. The summed E-state index contributed by atoms with van der Waals surface area (Å²) in [5.41, 5.74) is 2.31. The van der Waals surface area contributed by atoms with Crippen LogP contribution in [-0.2, 0) is 8.98 Å². The van der Waals surface area contributed by atoms with Gasteiger partial charge in [-0.2, -0.15) is 0 Å².